The Morgan fingerprint density at radius 3 is 3.00 bits per heavy atom. The van der Waals surface area contributed by atoms with E-state index in [4.69, 9.17) is 14.5 Å². The SMILES string of the molecule is C=C(CCCC)C1=CC[C@H](c2cccc(OCCO)c2)OB1O. The largest absolute Gasteiger partial charge is 0.491 e. The number of hydrogen-bond acceptors (Lipinski definition) is 4. The van der Waals surface area contributed by atoms with Crippen LogP contribution in [0.2, 0.25) is 0 Å². The zero-order valence-electron chi connectivity index (χ0n) is 13.7. The molecular formula is C18H25BO4. The minimum absolute atomic E-state index is 0.0190. The number of rotatable bonds is 8. The van der Waals surface area contributed by atoms with E-state index < -0.39 is 7.12 Å². The van der Waals surface area contributed by atoms with Crippen LogP contribution < -0.4 is 4.74 Å². The van der Waals surface area contributed by atoms with Crippen LogP contribution in [0.5, 0.6) is 5.75 Å². The first-order valence-corrected chi connectivity index (χ1v) is 8.21. The van der Waals surface area contributed by atoms with E-state index in [-0.39, 0.29) is 19.3 Å². The second-order valence-electron chi connectivity index (χ2n) is 5.72. The molecule has 1 aromatic rings. The van der Waals surface area contributed by atoms with Crippen molar-refractivity contribution in [2.45, 2.75) is 38.7 Å². The monoisotopic (exact) mass is 316 g/mol. The number of benzene rings is 1. The number of aliphatic hydroxyl groups excluding tert-OH is 1. The van der Waals surface area contributed by atoms with E-state index in [1.54, 1.807) is 0 Å². The van der Waals surface area contributed by atoms with Crippen molar-refractivity contribution in [3.8, 4) is 5.75 Å². The van der Waals surface area contributed by atoms with Crippen molar-refractivity contribution in [2.75, 3.05) is 13.2 Å². The van der Waals surface area contributed by atoms with E-state index in [1.165, 1.54) is 0 Å². The highest BCUT2D eigenvalue weighted by atomic mass is 16.5. The summed E-state index contributed by atoms with van der Waals surface area (Å²) in [7, 11) is -0.930. The molecule has 23 heavy (non-hydrogen) atoms. The lowest BCUT2D eigenvalue weighted by Gasteiger charge is -2.26. The van der Waals surface area contributed by atoms with Gasteiger partial charge in [-0.05, 0) is 42.4 Å². The van der Waals surface area contributed by atoms with E-state index >= 15 is 0 Å². The lowest BCUT2D eigenvalue weighted by Crippen LogP contribution is -2.28. The van der Waals surface area contributed by atoms with Crippen molar-refractivity contribution < 1.29 is 19.5 Å². The van der Waals surface area contributed by atoms with Crippen LogP contribution in [0.25, 0.3) is 0 Å². The average molecular weight is 316 g/mol. The topological polar surface area (TPSA) is 58.9 Å². The van der Waals surface area contributed by atoms with Crippen molar-refractivity contribution in [2.24, 2.45) is 0 Å². The van der Waals surface area contributed by atoms with Crippen LogP contribution in [0.1, 0.15) is 44.3 Å². The molecule has 0 bridgehead atoms. The summed E-state index contributed by atoms with van der Waals surface area (Å²) in [6.07, 6.45) is 5.57. The van der Waals surface area contributed by atoms with Crippen molar-refractivity contribution >= 4 is 7.12 Å². The maximum Gasteiger partial charge on any atom is 0.491 e. The zero-order valence-corrected chi connectivity index (χ0v) is 13.7. The number of ether oxygens (including phenoxy) is 1. The number of unbranched alkanes of at least 4 members (excludes halogenated alkanes) is 1. The average Bonchev–Trinajstić information content (AvgIpc) is 2.58. The molecule has 5 heteroatoms. The van der Waals surface area contributed by atoms with Gasteiger partial charge >= 0.3 is 7.12 Å². The Bertz CT molecular complexity index is 556. The first-order chi connectivity index (χ1) is 11.2. The van der Waals surface area contributed by atoms with Crippen LogP contribution in [0.15, 0.2) is 48.0 Å². The Morgan fingerprint density at radius 1 is 1.48 bits per heavy atom. The van der Waals surface area contributed by atoms with Gasteiger partial charge in [-0.2, -0.15) is 0 Å². The highest BCUT2D eigenvalue weighted by Gasteiger charge is 2.30. The minimum Gasteiger partial charge on any atom is -0.491 e. The first kappa shape index (κ1) is 17.8. The fraction of sp³-hybridized carbons (Fsp3) is 0.444. The summed E-state index contributed by atoms with van der Waals surface area (Å²) in [6.45, 7) is 6.44. The standard InChI is InChI=1S/C18H25BO4/c1-3-4-6-14(2)17-9-10-18(23-19(17)21)15-7-5-8-16(13-15)22-12-11-20/h5,7-9,13,18,20-21H,2-4,6,10-12H2,1H3/t18-/m1/s1. The fourth-order valence-corrected chi connectivity index (χ4v) is 2.66. The van der Waals surface area contributed by atoms with Gasteiger partial charge in [0.15, 0.2) is 0 Å². The van der Waals surface area contributed by atoms with Crippen molar-refractivity contribution in [1.82, 2.24) is 0 Å². The van der Waals surface area contributed by atoms with E-state index in [0.717, 1.165) is 35.9 Å². The van der Waals surface area contributed by atoms with Gasteiger partial charge < -0.3 is 19.5 Å². The lowest BCUT2D eigenvalue weighted by atomic mass is 9.70. The van der Waals surface area contributed by atoms with Gasteiger partial charge in [0.1, 0.15) is 12.4 Å². The summed E-state index contributed by atoms with van der Waals surface area (Å²) >= 11 is 0. The molecule has 1 heterocycles. The van der Waals surface area contributed by atoms with Crippen molar-refractivity contribution in [3.05, 3.63) is 53.5 Å². The summed E-state index contributed by atoms with van der Waals surface area (Å²) in [6, 6.07) is 7.56. The maximum atomic E-state index is 10.3. The Kier molecular flexibility index (Phi) is 6.90. The van der Waals surface area contributed by atoms with Gasteiger partial charge in [0.2, 0.25) is 0 Å². The third kappa shape index (κ3) is 4.96. The molecule has 0 radical (unpaired) electrons. The summed E-state index contributed by atoms with van der Waals surface area (Å²) in [4.78, 5) is 0. The third-order valence-electron chi connectivity index (χ3n) is 3.94. The molecule has 1 aromatic carbocycles. The van der Waals surface area contributed by atoms with Crippen molar-refractivity contribution in [1.29, 1.82) is 0 Å². The molecule has 1 atom stereocenters. The molecule has 0 aliphatic carbocycles. The van der Waals surface area contributed by atoms with Gasteiger partial charge in [0.25, 0.3) is 0 Å². The maximum absolute atomic E-state index is 10.3. The van der Waals surface area contributed by atoms with E-state index in [9.17, 15) is 5.02 Å². The molecule has 4 nitrogen and oxygen atoms in total. The third-order valence-corrected chi connectivity index (χ3v) is 3.94. The number of aliphatic hydroxyl groups is 1. The Balaban J connectivity index is 2.04. The summed E-state index contributed by atoms with van der Waals surface area (Å²) in [5.74, 6) is 0.691. The summed E-state index contributed by atoms with van der Waals surface area (Å²) < 4.78 is 11.2. The molecule has 1 aliphatic heterocycles. The minimum atomic E-state index is -0.930. The Morgan fingerprint density at radius 2 is 2.30 bits per heavy atom. The Hall–Kier alpha value is -1.56. The van der Waals surface area contributed by atoms with Crippen LogP contribution in [-0.4, -0.2) is 30.5 Å². The Labute approximate surface area is 138 Å². The van der Waals surface area contributed by atoms with Gasteiger partial charge in [-0.25, -0.2) is 0 Å². The molecule has 0 saturated carbocycles. The van der Waals surface area contributed by atoms with Crippen molar-refractivity contribution in [3.63, 3.8) is 0 Å². The van der Waals surface area contributed by atoms with Crippen LogP contribution in [0.4, 0.5) is 0 Å². The highest BCUT2D eigenvalue weighted by molar-refractivity contribution is 6.54. The van der Waals surface area contributed by atoms with E-state index in [0.29, 0.717) is 12.2 Å². The smallest absolute Gasteiger partial charge is 0.491 e. The number of hydrogen-bond donors (Lipinski definition) is 2. The quantitative estimate of drug-likeness (QED) is 0.723. The molecule has 0 spiro atoms. The molecule has 0 unspecified atom stereocenters. The van der Waals surface area contributed by atoms with E-state index in [1.807, 2.05) is 30.3 Å². The van der Waals surface area contributed by atoms with E-state index in [2.05, 4.69) is 13.5 Å². The zero-order chi connectivity index (χ0) is 16.7. The van der Waals surface area contributed by atoms with Gasteiger partial charge in [0, 0.05) is 0 Å². The molecule has 2 rings (SSSR count). The molecule has 1 aliphatic rings. The van der Waals surface area contributed by atoms with Crippen LogP contribution in [0, 0.1) is 0 Å². The first-order valence-electron chi connectivity index (χ1n) is 8.21. The predicted octanol–water partition coefficient (Wildman–Crippen LogP) is 3.21. The lowest BCUT2D eigenvalue weighted by molar-refractivity contribution is 0.167. The van der Waals surface area contributed by atoms with Crippen LogP contribution in [-0.2, 0) is 4.65 Å². The van der Waals surface area contributed by atoms with Gasteiger partial charge in [0.05, 0.1) is 12.7 Å². The molecule has 0 aromatic heterocycles. The predicted molar refractivity (Wildman–Crippen MR) is 92.2 cm³/mol. The van der Waals surface area contributed by atoms with Crippen LogP contribution >= 0.6 is 0 Å². The molecule has 0 amide bonds. The highest BCUT2D eigenvalue weighted by Crippen LogP contribution is 2.33. The van der Waals surface area contributed by atoms with Gasteiger partial charge in [-0.15, -0.1) is 0 Å². The molecule has 0 fully saturated rings. The summed E-state index contributed by atoms with van der Waals surface area (Å²) in [5.41, 5.74) is 2.72. The second kappa shape index (κ2) is 8.92. The molecular weight excluding hydrogens is 291 g/mol. The van der Waals surface area contributed by atoms with Crippen LogP contribution in [0.3, 0.4) is 0 Å². The molecule has 2 N–H and O–H groups in total. The van der Waals surface area contributed by atoms with Gasteiger partial charge in [-0.3, -0.25) is 0 Å². The van der Waals surface area contributed by atoms with Gasteiger partial charge in [-0.1, -0.05) is 43.7 Å². The fourth-order valence-electron chi connectivity index (χ4n) is 2.66. The number of allylic oxidation sites excluding steroid dienone is 2. The normalized spacial score (nSPS) is 17.8. The molecule has 0 saturated heterocycles. The second-order valence-corrected chi connectivity index (χ2v) is 5.72. The summed E-state index contributed by atoms with van der Waals surface area (Å²) in [5, 5.41) is 19.1. The molecule has 124 valence electrons.